The Bertz CT molecular complexity index is 719. The van der Waals surface area contributed by atoms with Crippen molar-refractivity contribution < 1.29 is 12.8 Å². The summed E-state index contributed by atoms with van der Waals surface area (Å²) in [4.78, 5) is 3.67. The van der Waals surface area contributed by atoms with Gasteiger partial charge in [0.1, 0.15) is 22.9 Å². The second kappa shape index (κ2) is 5.46. The third kappa shape index (κ3) is 2.81. The first-order chi connectivity index (χ1) is 9.32. The molecule has 0 amide bonds. The van der Waals surface area contributed by atoms with E-state index in [1.807, 2.05) is 0 Å². The Morgan fingerprint density at radius 2 is 2.20 bits per heavy atom. The third-order valence-corrected chi connectivity index (χ3v) is 5.05. The zero-order valence-electron chi connectivity index (χ0n) is 10.3. The molecule has 0 aliphatic rings. The van der Waals surface area contributed by atoms with E-state index < -0.39 is 15.8 Å². The molecule has 20 heavy (non-hydrogen) atoms. The van der Waals surface area contributed by atoms with Crippen LogP contribution in [0.2, 0.25) is 0 Å². The van der Waals surface area contributed by atoms with Gasteiger partial charge >= 0.3 is 0 Å². The predicted molar refractivity (Wildman–Crippen MR) is 73.5 cm³/mol. The summed E-state index contributed by atoms with van der Waals surface area (Å²) in [5, 5.41) is 6.19. The average molecular weight is 364 g/mol. The number of sulfonamides is 1. The van der Waals surface area contributed by atoms with Gasteiger partial charge < -0.3 is 5.73 Å². The molecule has 0 saturated carbocycles. The van der Waals surface area contributed by atoms with Gasteiger partial charge in [0.15, 0.2) is 0 Å². The van der Waals surface area contributed by atoms with E-state index in [0.29, 0.717) is 5.82 Å². The van der Waals surface area contributed by atoms with Crippen molar-refractivity contribution in [3.05, 3.63) is 34.6 Å². The molecule has 0 unspecified atom stereocenters. The first-order valence-electron chi connectivity index (χ1n) is 5.37. The molecule has 1 aromatic carbocycles. The highest BCUT2D eigenvalue weighted by molar-refractivity contribution is 9.10. The number of aromatic nitrogens is 3. The van der Waals surface area contributed by atoms with Crippen molar-refractivity contribution in [1.29, 1.82) is 0 Å². The van der Waals surface area contributed by atoms with Crippen LogP contribution in [0.1, 0.15) is 5.82 Å². The minimum atomic E-state index is -3.86. The fourth-order valence-electron chi connectivity index (χ4n) is 1.54. The lowest BCUT2D eigenvalue weighted by atomic mass is 10.3. The Morgan fingerprint density at radius 3 is 2.80 bits per heavy atom. The van der Waals surface area contributed by atoms with Crippen molar-refractivity contribution in [2.75, 3.05) is 12.8 Å². The summed E-state index contributed by atoms with van der Waals surface area (Å²) in [7, 11) is -2.49. The van der Waals surface area contributed by atoms with Gasteiger partial charge in [-0.25, -0.2) is 17.8 Å². The van der Waals surface area contributed by atoms with Crippen LogP contribution in [0, 0.1) is 5.82 Å². The van der Waals surface area contributed by atoms with E-state index in [1.165, 1.54) is 13.4 Å². The van der Waals surface area contributed by atoms with Gasteiger partial charge in [0.05, 0.1) is 16.7 Å². The van der Waals surface area contributed by atoms with E-state index in [-0.39, 0.29) is 21.6 Å². The number of hydrogen-bond donors (Lipinski definition) is 2. The number of nitrogens with zero attached hydrogens (tertiary/aromatic N) is 3. The van der Waals surface area contributed by atoms with Crippen molar-refractivity contribution in [1.82, 2.24) is 19.5 Å². The summed E-state index contributed by atoms with van der Waals surface area (Å²) in [5.74, 6) is -0.241. The van der Waals surface area contributed by atoms with Crippen LogP contribution in [0.3, 0.4) is 0 Å². The molecule has 0 bridgehead atoms. The van der Waals surface area contributed by atoms with Gasteiger partial charge in [0.2, 0.25) is 10.0 Å². The van der Waals surface area contributed by atoms with Gasteiger partial charge in [0, 0.05) is 7.05 Å². The average Bonchev–Trinajstić information content (AvgIpc) is 2.86. The number of aromatic amines is 1. The highest BCUT2D eigenvalue weighted by Gasteiger charge is 2.25. The summed E-state index contributed by atoms with van der Waals surface area (Å²) in [6, 6.07) is 2.09. The van der Waals surface area contributed by atoms with Crippen LogP contribution in [0.15, 0.2) is 27.8 Å². The number of benzene rings is 1. The number of nitrogens with two attached hydrogens (primary N) is 1. The molecular formula is C10H11BrFN5O2S. The van der Waals surface area contributed by atoms with Crippen LogP contribution in [-0.4, -0.2) is 35.0 Å². The van der Waals surface area contributed by atoms with Crippen molar-refractivity contribution in [3.8, 4) is 0 Å². The Morgan fingerprint density at radius 1 is 1.50 bits per heavy atom. The van der Waals surface area contributed by atoms with E-state index in [2.05, 4.69) is 31.1 Å². The topological polar surface area (TPSA) is 105 Å². The molecule has 0 aliphatic heterocycles. The highest BCUT2D eigenvalue weighted by atomic mass is 79.9. The maximum atomic E-state index is 13.3. The third-order valence-electron chi connectivity index (χ3n) is 2.58. The molecule has 0 spiro atoms. The lowest BCUT2D eigenvalue weighted by Gasteiger charge is -2.17. The van der Waals surface area contributed by atoms with Crippen LogP contribution in [0.25, 0.3) is 0 Å². The standard InChI is InChI=1S/C10H11BrFN5O2S/c1-17(4-10-14-5-15-16-10)20(18,19)9-2-6(11)7(12)3-8(9)13/h2-3,5H,4,13H2,1H3,(H,14,15,16). The van der Waals surface area contributed by atoms with E-state index in [1.54, 1.807) is 0 Å². The largest absolute Gasteiger partial charge is 0.398 e. The zero-order valence-corrected chi connectivity index (χ0v) is 12.7. The highest BCUT2D eigenvalue weighted by Crippen LogP contribution is 2.28. The van der Waals surface area contributed by atoms with Crippen LogP contribution in [0.5, 0.6) is 0 Å². The Kier molecular flexibility index (Phi) is 4.06. The summed E-state index contributed by atoms with van der Waals surface area (Å²) in [6.07, 6.45) is 1.28. The lowest BCUT2D eigenvalue weighted by molar-refractivity contribution is 0.457. The van der Waals surface area contributed by atoms with E-state index in [4.69, 9.17) is 5.73 Å². The first kappa shape index (κ1) is 14.9. The van der Waals surface area contributed by atoms with Gasteiger partial charge in [-0.3, -0.25) is 5.10 Å². The molecular weight excluding hydrogens is 353 g/mol. The summed E-state index contributed by atoms with van der Waals surface area (Å²) < 4.78 is 39.1. The number of hydrogen-bond acceptors (Lipinski definition) is 5. The molecule has 2 aromatic rings. The Labute approximate surface area is 123 Å². The maximum Gasteiger partial charge on any atom is 0.245 e. The normalized spacial score (nSPS) is 12.0. The monoisotopic (exact) mass is 363 g/mol. The van der Waals surface area contributed by atoms with Crippen molar-refractivity contribution in [2.24, 2.45) is 0 Å². The quantitative estimate of drug-likeness (QED) is 0.791. The molecule has 0 radical (unpaired) electrons. The summed E-state index contributed by atoms with van der Waals surface area (Å²) in [5.41, 5.74) is 5.43. The zero-order chi connectivity index (χ0) is 14.9. The van der Waals surface area contributed by atoms with E-state index in [0.717, 1.165) is 16.4 Å². The number of rotatable bonds is 4. The summed E-state index contributed by atoms with van der Waals surface area (Å²) in [6.45, 7) is -0.00321. The molecule has 3 N–H and O–H groups in total. The fraction of sp³-hybridized carbons (Fsp3) is 0.200. The van der Waals surface area contributed by atoms with Gasteiger partial charge in [0.25, 0.3) is 0 Å². The minimum Gasteiger partial charge on any atom is -0.398 e. The molecule has 10 heteroatoms. The summed E-state index contributed by atoms with van der Waals surface area (Å²) >= 11 is 2.94. The van der Waals surface area contributed by atoms with Crippen LogP contribution >= 0.6 is 15.9 Å². The first-order valence-corrected chi connectivity index (χ1v) is 7.61. The molecule has 1 heterocycles. The van der Waals surface area contributed by atoms with Crippen molar-refractivity contribution in [3.63, 3.8) is 0 Å². The number of halogens is 2. The van der Waals surface area contributed by atoms with Gasteiger partial charge in [-0.15, -0.1) is 0 Å². The number of anilines is 1. The minimum absolute atomic E-state index is 0.00321. The molecule has 7 nitrogen and oxygen atoms in total. The van der Waals surface area contributed by atoms with Gasteiger partial charge in [-0.1, -0.05) is 0 Å². The maximum absolute atomic E-state index is 13.3. The number of nitrogens with one attached hydrogen (secondary N) is 1. The molecule has 0 saturated heterocycles. The van der Waals surface area contributed by atoms with Crippen molar-refractivity contribution >= 4 is 31.6 Å². The molecule has 1 aromatic heterocycles. The number of nitrogen functional groups attached to an aromatic ring is 1. The lowest BCUT2D eigenvalue weighted by Crippen LogP contribution is -2.27. The van der Waals surface area contributed by atoms with Crippen LogP contribution < -0.4 is 5.73 Å². The Balaban J connectivity index is 2.37. The predicted octanol–water partition coefficient (Wildman–Crippen LogP) is 1.11. The fourth-order valence-corrected chi connectivity index (χ4v) is 3.28. The SMILES string of the molecule is CN(Cc1ncn[nH]1)S(=O)(=O)c1cc(Br)c(F)cc1N. The molecule has 0 aliphatic carbocycles. The van der Waals surface area contributed by atoms with Gasteiger partial charge in [-0.05, 0) is 28.1 Å². The van der Waals surface area contributed by atoms with Crippen molar-refractivity contribution in [2.45, 2.75) is 11.4 Å². The molecule has 0 fully saturated rings. The second-order valence-electron chi connectivity index (χ2n) is 4.00. The second-order valence-corrected chi connectivity index (χ2v) is 6.87. The molecule has 0 atom stereocenters. The molecule has 2 rings (SSSR count). The van der Waals surface area contributed by atoms with E-state index >= 15 is 0 Å². The van der Waals surface area contributed by atoms with Gasteiger partial charge in [-0.2, -0.15) is 9.40 Å². The number of H-pyrrole nitrogens is 1. The van der Waals surface area contributed by atoms with Crippen LogP contribution in [-0.2, 0) is 16.6 Å². The molecule has 108 valence electrons. The van der Waals surface area contributed by atoms with Crippen LogP contribution in [0.4, 0.5) is 10.1 Å². The Hall–Kier alpha value is -1.52. The van der Waals surface area contributed by atoms with E-state index in [9.17, 15) is 12.8 Å². The smallest absolute Gasteiger partial charge is 0.245 e.